The van der Waals surface area contributed by atoms with Crippen LogP contribution < -0.4 is 10.2 Å². The molecular formula is C21H35N5O. The van der Waals surface area contributed by atoms with E-state index in [-0.39, 0.29) is 0 Å². The third-order valence-electron chi connectivity index (χ3n) is 5.83. The van der Waals surface area contributed by atoms with Crippen LogP contribution in [0.4, 0.5) is 11.6 Å². The average Bonchev–Trinajstić information content (AvgIpc) is 2.71. The summed E-state index contributed by atoms with van der Waals surface area (Å²) in [7, 11) is 0. The van der Waals surface area contributed by atoms with Crippen molar-refractivity contribution in [2.75, 3.05) is 42.9 Å². The van der Waals surface area contributed by atoms with Crippen molar-refractivity contribution in [2.24, 2.45) is 11.8 Å². The summed E-state index contributed by atoms with van der Waals surface area (Å²) < 4.78 is 0. The quantitative estimate of drug-likeness (QED) is 0.792. The Bertz CT molecular complexity index is 608. The Balaban J connectivity index is 1.50. The first kappa shape index (κ1) is 19.9. The molecule has 2 aliphatic heterocycles. The van der Waals surface area contributed by atoms with Gasteiger partial charge in [-0.15, -0.1) is 0 Å². The number of nitrogens with zero attached hydrogens (tertiary/aromatic N) is 4. The van der Waals surface area contributed by atoms with Gasteiger partial charge in [-0.1, -0.05) is 13.8 Å². The van der Waals surface area contributed by atoms with E-state index in [0.717, 1.165) is 63.6 Å². The van der Waals surface area contributed by atoms with Gasteiger partial charge in [0.2, 0.25) is 5.91 Å². The largest absolute Gasteiger partial charge is 0.370 e. The highest BCUT2D eigenvalue weighted by Crippen LogP contribution is 2.26. The van der Waals surface area contributed by atoms with Crippen LogP contribution in [0.3, 0.4) is 0 Å². The van der Waals surface area contributed by atoms with Gasteiger partial charge < -0.3 is 15.1 Å². The van der Waals surface area contributed by atoms with Crippen LogP contribution in [0.15, 0.2) is 12.4 Å². The number of amides is 1. The number of carbonyl (C=O) groups is 1. The van der Waals surface area contributed by atoms with Gasteiger partial charge in [0.1, 0.15) is 18.0 Å². The lowest BCUT2D eigenvalue weighted by Gasteiger charge is -2.35. The predicted octanol–water partition coefficient (Wildman–Crippen LogP) is 3.55. The molecule has 1 amide bonds. The summed E-state index contributed by atoms with van der Waals surface area (Å²) in [6.07, 6.45) is 9.21. The van der Waals surface area contributed by atoms with Gasteiger partial charge in [-0.05, 0) is 50.4 Å². The number of hydrogen-bond donors (Lipinski definition) is 1. The Labute approximate surface area is 163 Å². The van der Waals surface area contributed by atoms with Gasteiger partial charge in [0.05, 0.1) is 0 Å². The van der Waals surface area contributed by atoms with Gasteiger partial charge in [0.15, 0.2) is 0 Å². The number of aromatic nitrogens is 2. The van der Waals surface area contributed by atoms with E-state index in [1.807, 2.05) is 0 Å². The minimum absolute atomic E-state index is 0.353. The molecule has 0 saturated carbocycles. The molecule has 0 spiro atoms. The van der Waals surface area contributed by atoms with Crippen molar-refractivity contribution in [3.05, 3.63) is 12.4 Å². The van der Waals surface area contributed by atoms with Crippen LogP contribution in [0.2, 0.25) is 0 Å². The van der Waals surface area contributed by atoms with Crippen LogP contribution in [0.5, 0.6) is 0 Å². The molecule has 1 aromatic rings. The van der Waals surface area contributed by atoms with Crippen LogP contribution in [0.25, 0.3) is 0 Å². The van der Waals surface area contributed by atoms with Gasteiger partial charge in [-0.2, -0.15) is 0 Å². The van der Waals surface area contributed by atoms with Crippen molar-refractivity contribution in [2.45, 2.75) is 58.8 Å². The summed E-state index contributed by atoms with van der Waals surface area (Å²) in [4.78, 5) is 25.8. The average molecular weight is 374 g/mol. The third kappa shape index (κ3) is 5.81. The highest BCUT2D eigenvalue weighted by Gasteiger charge is 2.25. The Hall–Kier alpha value is -1.85. The van der Waals surface area contributed by atoms with E-state index in [0.29, 0.717) is 24.2 Å². The number of anilines is 2. The zero-order valence-electron chi connectivity index (χ0n) is 17.0. The van der Waals surface area contributed by atoms with Crippen molar-refractivity contribution >= 4 is 17.5 Å². The van der Waals surface area contributed by atoms with Crippen molar-refractivity contribution in [3.8, 4) is 0 Å². The molecule has 3 rings (SSSR count). The SMILES string of the molecule is CCCNc1cc(N2CCCC(CCC(=O)N3CCCC(C)C3)C2)ncn1. The maximum absolute atomic E-state index is 12.6. The summed E-state index contributed by atoms with van der Waals surface area (Å²) in [5.41, 5.74) is 0. The third-order valence-corrected chi connectivity index (χ3v) is 5.83. The molecule has 6 heteroatoms. The Morgan fingerprint density at radius 3 is 2.89 bits per heavy atom. The smallest absolute Gasteiger partial charge is 0.222 e. The molecule has 2 saturated heterocycles. The molecule has 0 radical (unpaired) electrons. The molecule has 2 unspecified atom stereocenters. The molecule has 0 bridgehead atoms. The number of carbonyl (C=O) groups excluding carboxylic acids is 1. The highest BCUT2D eigenvalue weighted by molar-refractivity contribution is 5.76. The standard InChI is InChI=1S/C21H35N5O/c1-3-10-22-19-13-20(24-16-23-19)25-11-5-7-18(15-25)8-9-21(27)26-12-4-6-17(2)14-26/h13,16-18H,3-12,14-15H2,1-2H3,(H,22,23,24). The summed E-state index contributed by atoms with van der Waals surface area (Å²) in [6, 6.07) is 2.05. The van der Waals surface area contributed by atoms with E-state index in [2.05, 4.69) is 45.0 Å². The second kappa shape index (κ2) is 9.90. The summed E-state index contributed by atoms with van der Waals surface area (Å²) in [5, 5.41) is 3.34. The lowest BCUT2D eigenvalue weighted by atomic mass is 9.92. The molecule has 0 aliphatic carbocycles. The Kier molecular flexibility index (Phi) is 7.30. The van der Waals surface area contributed by atoms with Crippen LogP contribution >= 0.6 is 0 Å². The number of hydrogen-bond acceptors (Lipinski definition) is 5. The lowest BCUT2D eigenvalue weighted by molar-refractivity contribution is -0.133. The summed E-state index contributed by atoms with van der Waals surface area (Å²) in [6.45, 7) is 9.26. The van der Waals surface area contributed by atoms with Gasteiger partial charge in [0.25, 0.3) is 0 Å². The van der Waals surface area contributed by atoms with E-state index in [4.69, 9.17) is 0 Å². The number of rotatable bonds is 7. The molecular weight excluding hydrogens is 338 g/mol. The van der Waals surface area contributed by atoms with E-state index < -0.39 is 0 Å². The van der Waals surface area contributed by atoms with E-state index in [1.54, 1.807) is 6.33 Å². The molecule has 2 fully saturated rings. The van der Waals surface area contributed by atoms with Crippen molar-refractivity contribution < 1.29 is 4.79 Å². The topological polar surface area (TPSA) is 61.4 Å². The minimum Gasteiger partial charge on any atom is -0.370 e. The molecule has 3 heterocycles. The van der Waals surface area contributed by atoms with Gasteiger partial charge in [-0.3, -0.25) is 4.79 Å². The molecule has 27 heavy (non-hydrogen) atoms. The highest BCUT2D eigenvalue weighted by atomic mass is 16.2. The van der Waals surface area contributed by atoms with Gasteiger partial charge in [-0.25, -0.2) is 9.97 Å². The van der Waals surface area contributed by atoms with Crippen LogP contribution in [0, 0.1) is 11.8 Å². The Morgan fingerprint density at radius 1 is 1.22 bits per heavy atom. The molecule has 150 valence electrons. The van der Waals surface area contributed by atoms with Crippen LogP contribution in [-0.2, 0) is 4.79 Å². The van der Waals surface area contributed by atoms with E-state index >= 15 is 0 Å². The fourth-order valence-electron chi connectivity index (χ4n) is 4.28. The molecule has 2 atom stereocenters. The van der Waals surface area contributed by atoms with Crippen LogP contribution in [0.1, 0.15) is 58.8 Å². The van der Waals surface area contributed by atoms with Crippen molar-refractivity contribution in [1.82, 2.24) is 14.9 Å². The normalized spacial score (nSPS) is 23.3. The fraction of sp³-hybridized carbons (Fsp3) is 0.762. The number of likely N-dealkylation sites (tertiary alicyclic amines) is 1. The molecule has 1 N–H and O–H groups in total. The Morgan fingerprint density at radius 2 is 2.07 bits per heavy atom. The predicted molar refractivity (Wildman–Crippen MR) is 110 cm³/mol. The summed E-state index contributed by atoms with van der Waals surface area (Å²) in [5.74, 6) is 3.49. The molecule has 6 nitrogen and oxygen atoms in total. The van der Waals surface area contributed by atoms with Gasteiger partial charge >= 0.3 is 0 Å². The maximum Gasteiger partial charge on any atom is 0.222 e. The second-order valence-corrected chi connectivity index (χ2v) is 8.27. The second-order valence-electron chi connectivity index (χ2n) is 8.27. The fourth-order valence-corrected chi connectivity index (χ4v) is 4.28. The van der Waals surface area contributed by atoms with Gasteiger partial charge in [0, 0.05) is 45.2 Å². The number of nitrogens with one attached hydrogen (secondary N) is 1. The minimum atomic E-state index is 0.353. The molecule has 1 aromatic heterocycles. The first-order valence-electron chi connectivity index (χ1n) is 10.7. The monoisotopic (exact) mass is 373 g/mol. The molecule has 2 aliphatic rings. The van der Waals surface area contributed by atoms with E-state index in [9.17, 15) is 4.79 Å². The molecule has 0 aromatic carbocycles. The zero-order chi connectivity index (χ0) is 19.1. The van der Waals surface area contributed by atoms with Crippen LogP contribution in [-0.4, -0.2) is 53.5 Å². The maximum atomic E-state index is 12.6. The zero-order valence-corrected chi connectivity index (χ0v) is 17.0. The number of piperidine rings is 2. The summed E-state index contributed by atoms with van der Waals surface area (Å²) >= 11 is 0. The first-order chi connectivity index (χ1) is 13.2. The van der Waals surface area contributed by atoms with Crippen molar-refractivity contribution in [3.63, 3.8) is 0 Å². The first-order valence-corrected chi connectivity index (χ1v) is 10.7. The van der Waals surface area contributed by atoms with E-state index in [1.165, 1.54) is 19.3 Å². The lowest BCUT2D eigenvalue weighted by Crippen LogP contribution is -2.40. The van der Waals surface area contributed by atoms with Crippen molar-refractivity contribution in [1.29, 1.82) is 0 Å².